The molecule has 2 aromatic rings. The first-order valence-corrected chi connectivity index (χ1v) is 8.64. The third-order valence-corrected chi connectivity index (χ3v) is 4.86. The molecule has 0 aliphatic heterocycles. The number of carbonyl (C=O) groups is 1. The molecular formula is C16H19NOS2. The average Bonchev–Trinajstić information content (AvgIpc) is 2.98. The number of rotatable bonds is 7. The van der Waals surface area contributed by atoms with Crippen LogP contribution < -0.4 is 0 Å². The Bertz CT molecular complexity index is 511. The van der Waals surface area contributed by atoms with Gasteiger partial charge < -0.3 is 4.90 Å². The maximum atomic E-state index is 12.2. The lowest BCUT2D eigenvalue weighted by atomic mass is 10.3. The van der Waals surface area contributed by atoms with Crippen LogP contribution in [0.3, 0.4) is 0 Å². The second-order valence-corrected chi connectivity index (χ2v) is 6.60. The summed E-state index contributed by atoms with van der Waals surface area (Å²) < 4.78 is 0. The van der Waals surface area contributed by atoms with Crippen LogP contribution in [0.1, 0.15) is 18.2 Å². The van der Waals surface area contributed by atoms with Gasteiger partial charge >= 0.3 is 0 Å². The third-order valence-electron chi connectivity index (χ3n) is 2.99. The van der Waals surface area contributed by atoms with E-state index in [0.29, 0.717) is 6.42 Å². The molecule has 0 saturated heterocycles. The second kappa shape index (κ2) is 8.12. The summed E-state index contributed by atoms with van der Waals surface area (Å²) in [5.74, 6) is 1.08. The van der Waals surface area contributed by atoms with Crippen molar-refractivity contribution in [3.05, 3.63) is 52.7 Å². The number of carbonyl (C=O) groups excluding carboxylic acids is 1. The van der Waals surface area contributed by atoms with Gasteiger partial charge in [0.05, 0.1) is 6.54 Å². The summed E-state index contributed by atoms with van der Waals surface area (Å²) in [6.45, 7) is 3.55. The molecule has 0 bridgehead atoms. The Morgan fingerprint density at radius 3 is 2.65 bits per heavy atom. The Balaban J connectivity index is 1.77. The highest BCUT2D eigenvalue weighted by Crippen LogP contribution is 2.19. The third kappa shape index (κ3) is 4.69. The molecule has 20 heavy (non-hydrogen) atoms. The van der Waals surface area contributed by atoms with Crippen molar-refractivity contribution >= 4 is 29.0 Å². The molecule has 0 radical (unpaired) electrons. The van der Waals surface area contributed by atoms with E-state index in [1.165, 1.54) is 9.77 Å². The van der Waals surface area contributed by atoms with Crippen molar-refractivity contribution in [2.75, 3.05) is 12.3 Å². The molecule has 2 rings (SSSR count). The normalized spacial score (nSPS) is 10.4. The van der Waals surface area contributed by atoms with Gasteiger partial charge in [-0.2, -0.15) is 0 Å². The highest BCUT2D eigenvalue weighted by atomic mass is 32.2. The van der Waals surface area contributed by atoms with Gasteiger partial charge in [0.1, 0.15) is 0 Å². The lowest BCUT2D eigenvalue weighted by Gasteiger charge is -2.20. The first-order chi connectivity index (χ1) is 9.79. The topological polar surface area (TPSA) is 20.3 Å². The fourth-order valence-corrected chi connectivity index (χ4v) is 3.48. The molecule has 0 saturated carbocycles. The highest BCUT2D eigenvalue weighted by Gasteiger charge is 2.12. The molecule has 1 amide bonds. The van der Waals surface area contributed by atoms with E-state index in [1.54, 1.807) is 23.1 Å². The minimum atomic E-state index is 0.240. The molecule has 1 heterocycles. The lowest BCUT2D eigenvalue weighted by molar-refractivity contribution is -0.131. The molecule has 0 unspecified atom stereocenters. The molecule has 0 spiro atoms. The average molecular weight is 305 g/mol. The van der Waals surface area contributed by atoms with E-state index < -0.39 is 0 Å². The summed E-state index contributed by atoms with van der Waals surface area (Å²) in [5, 5.41) is 2.05. The summed E-state index contributed by atoms with van der Waals surface area (Å²) in [6.07, 6.45) is 0.596. The lowest BCUT2D eigenvalue weighted by Crippen LogP contribution is -2.30. The number of thioether (sulfide) groups is 1. The van der Waals surface area contributed by atoms with Crippen molar-refractivity contribution in [3.8, 4) is 0 Å². The van der Waals surface area contributed by atoms with Crippen LogP contribution in [0.5, 0.6) is 0 Å². The number of amides is 1. The Hall–Kier alpha value is -1.26. The predicted molar refractivity (Wildman–Crippen MR) is 87.2 cm³/mol. The monoisotopic (exact) mass is 305 g/mol. The number of hydrogen-bond donors (Lipinski definition) is 0. The quantitative estimate of drug-likeness (QED) is 0.712. The maximum Gasteiger partial charge on any atom is 0.223 e. The van der Waals surface area contributed by atoms with Crippen molar-refractivity contribution in [2.24, 2.45) is 0 Å². The first-order valence-electron chi connectivity index (χ1n) is 6.77. The van der Waals surface area contributed by atoms with Gasteiger partial charge in [-0.05, 0) is 30.5 Å². The highest BCUT2D eigenvalue weighted by molar-refractivity contribution is 7.99. The van der Waals surface area contributed by atoms with Crippen LogP contribution in [0.4, 0.5) is 0 Å². The van der Waals surface area contributed by atoms with Gasteiger partial charge in [-0.1, -0.05) is 24.3 Å². The fraction of sp³-hybridized carbons (Fsp3) is 0.312. The zero-order valence-electron chi connectivity index (χ0n) is 11.6. The maximum absolute atomic E-state index is 12.2. The Morgan fingerprint density at radius 1 is 1.20 bits per heavy atom. The van der Waals surface area contributed by atoms with Crippen molar-refractivity contribution in [3.63, 3.8) is 0 Å². The van der Waals surface area contributed by atoms with Crippen LogP contribution in [0.2, 0.25) is 0 Å². The Kier molecular flexibility index (Phi) is 6.15. The van der Waals surface area contributed by atoms with Crippen LogP contribution in [0, 0.1) is 0 Å². The zero-order chi connectivity index (χ0) is 14.2. The largest absolute Gasteiger partial charge is 0.338 e. The standard InChI is InChI=1S/C16H19NOS2/c1-2-17(13-15-9-6-11-19-15)16(18)10-12-20-14-7-4-3-5-8-14/h3-9,11H,2,10,12-13H2,1H3. The van der Waals surface area contributed by atoms with Crippen molar-refractivity contribution < 1.29 is 4.79 Å². The van der Waals surface area contributed by atoms with Crippen molar-refractivity contribution in [1.29, 1.82) is 0 Å². The molecule has 106 valence electrons. The molecule has 2 nitrogen and oxygen atoms in total. The second-order valence-electron chi connectivity index (χ2n) is 4.40. The molecule has 1 aromatic heterocycles. The minimum absolute atomic E-state index is 0.240. The van der Waals surface area contributed by atoms with Crippen LogP contribution in [0.25, 0.3) is 0 Å². The summed E-state index contributed by atoms with van der Waals surface area (Å²) in [6, 6.07) is 14.3. The van der Waals surface area contributed by atoms with E-state index in [0.717, 1.165) is 18.8 Å². The van der Waals surface area contributed by atoms with Gasteiger partial charge in [0.15, 0.2) is 0 Å². The molecule has 0 fully saturated rings. The first kappa shape index (κ1) is 15.1. The van der Waals surface area contributed by atoms with Gasteiger partial charge in [-0.3, -0.25) is 4.79 Å². The van der Waals surface area contributed by atoms with Crippen molar-refractivity contribution in [2.45, 2.75) is 24.8 Å². The van der Waals surface area contributed by atoms with Gasteiger partial charge in [0.25, 0.3) is 0 Å². The molecule has 0 aliphatic rings. The number of nitrogens with zero attached hydrogens (tertiary/aromatic N) is 1. The van der Waals surface area contributed by atoms with Gasteiger partial charge in [-0.25, -0.2) is 0 Å². The Morgan fingerprint density at radius 2 is 2.00 bits per heavy atom. The minimum Gasteiger partial charge on any atom is -0.338 e. The van der Waals surface area contributed by atoms with E-state index in [9.17, 15) is 4.79 Å². The zero-order valence-corrected chi connectivity index (χ0v) is 13.3. The molecule has 0 N–H and O–H groups in total. The van der Waals surface area contributed by atoms with Crippen molar-refractivity contribution in [1.82, 2.24) is 4.90 Å². The van der Waals surface area contributed by atoms with E-state index in [2.05, 4.69) is 23.6 Å². The van der Waals surface area contributed by atoms with E-state index >= 15 is 0 Å². The molecule has 4 heteroatoms. The summed E-state index contributed by atoms with van der Waals surface area (Å²) >= 11 is 3.45. The summed E-state index contributed by atoms with van der Waals surface area (Å²) in [7, 11) is 0. The predicted octanol–water partition coefficient (Wildman–Crippen LogP) is 4.28. The van der Waals surface area contributed by atoms with Crippen LogP contribution in [-0.2, 0) is 11.3 Å². The van der Waals surface area contributed by atoms with E-state index in [4.69, 9.17) is 0 Å². The smallest absolute Gasteiger partial charge is 0.223 e. The van der Waals surface area contributed by atoms with Gasteiger partial charge in [-0.15, -0.1) is 23.1 Å². The fourth-order valence-electron chi connectivity index (χ4n) is 1.90. The number of hydrogen-bond acceptors (Lipinski definition) is 3. The van der Waals surface area contributed by atoms with Crippen LogP contribution >= 0.6 is 23.1 Å². The van der Waals surface area contributed by atoms with Crippen LogP contribution in [-0.4, -0.2) is 23.1 Å². The molecular weight excluding hydrogens is 286 g/mol. The molecule has 0 aliphatic carbocycles. The van der Waals surface area contributed by atoms with Gasteiger partial charge in [0, 0.05) is 28.5 Å². The van der Waals surface area contributed by atoms with Crippen LogP contribution in [0.15, 0.2) is 52.7 Å². The van der Waals surface area contributed by atoms with Gasteiger partial charge in [0.2, 0.25) is 5.91 Å². The number of benzene rings is 1. The number of thiophene rings is 1. The van der Waals surface area contributed by atoms with E-state index in [1.807, 2.05) is 36.1 Å². The van der Waals surface area contributed by atoms with E-state index in [-0.39, 0.29) is 5.91 Å². The SMILES string of the molecule is CCN(Cc1cccs1)C(=O)CCSc1ccccc1. The summed E-state index contributed by atoms with van der Waals surface area (Å²) in [4.78, 5) is 16.6. The Labute approximate surface area is 128 Å². The summed E-state index contributed by atoms with van der Waals surface area (Å²) in [5.41, 5.74) is 0. The molecule has 0 atom stereocenters. The molecule has 1 aromatic carbocycles.